The summed E-state index contributed by atoms with van der Waals surface area (Å²) in [4.78, 5) is 1.33. The molecule has 0 fully saturated rings. The molecule has 0 atom stereocenters. The van der Waals surface area contributed by atoms with Gasteiger partial charge in [-0.2, -0.15) is 4.57 Å². The third-order valence-corrected chi connectivity index (χ3v) is 4.78. The second-order valence-electron chi connectivity index (χ2n) is 3.98. The lowest BCUT2D eigenvalue weighted by molar-refractivity contribution is -0.665. The average molecular weight is 280 g/mol. The molecule has 0 bridgehead atoms. The number of aryl methyl sites for hydroxylation is 1. The van der Waals surface area contributed by atoms with Crippen LogP contribution < -0.4 is 9.30 Å². The summed E-state index contributed by atoms with van der Waals surface area (Å²) in [6.07, 6.45) is 4.36. The van der Waals surface area contributed by atoms with Crippen molar-refractivity contribution in [2.45, 2.75) is 20.4 Å². The van der Waals surface area contributed by atoms with Crippen LogP contribution in [0.15, 0.2) is 23.1 Å². The molecule has 0 saturated heterocycles. The number of thioether (sulfide) groups is 1. The minimum absolute atomic E-state index is 0.916. The van der Waals surface area contributed by atoms with Gasteiger partial charge in [-0.15, -0.1) is 11.8 Å². The molecule has 0 aliphatic heterocycles. The maximum absolute atomic E-state index is 5.31. The summed E-state index contributed by atoms with van der Waals surface area (Å²) < 4.78 is 8.94. The normalized spacial score (nSPS) is 12.1. The third-order valence-electron chi connectivity index (χ3n) is 2.90. The number of aromatic nitrogens is 1. The standard InChI is InChI=1S/C14H18NOS2/c1-5-15-12-9-11(16-3)6-7-13(12)18-14(15)8-10(2)17-4/h6-9H,5H2,1-4H3/q+1/b10-8-. The molecule has 1 aromatic carbocycles. The van der Waals surface area contributed by atoms with Crippen LogP contribution in [-0.2, 0) is 6.54 Å². The first kappa shape index (κ1) is 13.4. The van der Waals surface area contributed by atoms with Crippen LogP contribution >= 0.6 is 23.1 Å². The van der Waals surface area contributed by atoms with Gasteiger partial charge in [0.1, 0.15) is 17.0 Å². The van der Waals surface area contributed by atoms with E-state index in [-0.39, 0.29) is 0 Å². The number of hydrogen-bond acceptors (Lipinski definition) is 3. The number of benzene rings is 1. The summed E-state index contributed by atoms with van der Waals surface area (Å²) >= 11 is 3.62. The van der Waals surface area contributed by atoms with Gasteiger partial charge in [0.2, 0.25) is 5.52 Å². The van der Waals surface area contributed by atoms with Crippen molar-refractivity contribution in [3.05, 3.63) is 28.1 Å². The summed E-state index contributed by atoms with van der Waals surface area (Å²) in [5.41, 5.74) is 1.25. The van der Waals surface area contributed by atoms with E-state index in [0.717, 1.165) is 12.3 Å². The molecular formula is C14H18NOS2+. The highest BCUT2D eigenvalue weighted by atomic mass is 32.2. The van der Waals surface area contributed by atoms with Crippen LogP contribution in [0.3, 0.4) is 0 Å². The molecule has 1 heterocycles. The number of ether oxygens (including phenoxy) is 1. The number of hydrogen-bond donors (Lipinski definition) is 0. The monoisotopic (exact) mass is 280 g/mol. The van der Waals surface area contributed by atoms with E-state index >= 15 is 0 Å². The van der Waals surface area contributed by atoms with Crippen molar-refractivity contribution < 1.29 is 9.30 Å². The van der Waals surface area contributed by atoms with Crippen LogP contribution in [0.4, 0.5) is 0 Å². The second kappa shape index (κ2) is 5.76. The van der Waals surface area contributed by atoms with E-state index in [1.165, 1.54) is 20.1 Å². The van der Waals surface area contributed by atoms with Crippen LogP contribution in [0.2, 0.25) is 0 Å². The van der Waals surface area contributed by atoms with Gasteiger partial charge in [-0.25, -0.2) is 0 Å². The topological polar surface area (TPSA) is 13.1 Å². The number of fused-ring (bicyclic) bond motifs is 1. The fourth-order valence-corrected chi connectivity index (χ4v) is 3.39. The van der Waals surface area contributed by atoms with Crippen molar-refractivity contribution >= 4 is 39.4 Å². The highest BCUT2D eigenvalue weighted by Gasteiger charge is 2.18. The molecule has 18 heavy (non-hydrogen) atoms. The molecule has 4 heteroatoms. The predicted octanol–water partition coefficient (Wildman–Crippen LogP) is 3.94. The zero-order valence-electron chi connectivity index (χ0n) is 11.2. The van der Waals surface area contributed by atoms with Gasteiger partial charge in [0.15, 0.2) is 0 Å². The molecule has 0 aliphatic rings. The lowest BCUT2D eigenvalue weighted by Gasteiger charge is -1.97. The molecule has 0 spiro atoms. The fourth-order valence-electron chi connectivity index (χ4n) is 1.87. The Labute approximate surface area is 116 Å². The lowest BCUT2D eigenvalue weighted by atomic mass is 10.3. The molecule has 2 aromatic rings. The molecule has 0 N–H and O–H groups in total. The summed E-state index contributed by atoms with van der Waals surface area (Å²) in [6, 6.07) is 6.27. The van der Waals surface area contributed by atoms with Gasteiger partial charge in [-0.1, -0.05) is 11.3 Å². The van der Waals surface area contributed by atoms with Crippen LogP contribution in [-0.4, -0.2) is 13.4 Å². The van der Waals surface area contributed by atoms with Crippen molar-refractivity contribution in [2.75, 3.05) is 13.4 Å². The number of thiazole rings is 1. The SMILES string of the molecule is CC[n+]1c(/C=C(/C)SC)sc2ccc(OC)cc21. The van der Waals surface area contributed by atoms with Gasteiger partial charge in [-0.3, -0.25) is 0 Å². The third kappa shape index (κ3) is 2.54. The maximum Gasteiger partial charge on any atom is 0.263 e. The Bertz CT molecular complexity index is 587. The second-order valence-corrected chi connectivity index (χ2v) is 6.09. The minimum Gasteiger partial charge on any atom is -0.497 e. The molecule has 0 unspecified atom stereocenters. The van der Waals surface area contributed by atoms with E-state index in [1.54, 1.807) is 18.9 Å². The molecule has 2 rings (SSSR count). The van der Waals surface area contributed by atoms with Gasteiger partial charge in [-0.05, 0) is 37.1 Å². The maximum atomic E-state index is 5.31. The molecule has 0 amide bonds. The van der Waals surface area contributed by atoms with Crippen molar-refractivity contribution in [1.82, 2.24) is 0 Å². The molecule has 0 aliphatic carbocycles. The summed E-state index contributed by atoms with van der Waals surface area (Å²) in [5, 5.41) is 1.30. The van der Waals surface area contributed by atoms with E-state index in [1.807, 2.05) is 17.4 Å². The highest BCUT2D eigenvalue weighted by molar-refractivity contribution is 8.02. The largest absolute Gasteiger partial charge is 0.497 e. The van der Waals surface area contributed by atoms with Gasteiger partial charge < -0.3 is 4.74 Å². The molecule has 0 saturated carbocycles. The number of rotatable bonds is 4. The Hall–Kier alpha value is -1.00. The Balaban J connectivity index is 2.61. The predicted molar refractivity (Wildman–Crippen MR) is 81.4 cm³/mol. The van der Waals surface area contributed by atoms with Crippen molar-refractivity contribution in [2.24, 2.45) is 0 Å². The molecule has 2 nitrogen and oxygen atoms in total. The van der Waals surface area contributed by atoms with Gasteiger partial charge >= 0.3 is 0 Å². The van der Waals surface area contributed by atoms with Crippen LogP contribution in [0.5, 0.6) is 5.75 Å². The van der Waals surface area contributed by atoms with E-state index in [9.17, 15) is 0 Å². The van der Waals surface area contributed by atoms with Crippen molar-refractivity contribution in [3.8, 4) is 5.75 Å². The number of methoxy groups -OCH3 is 1. The Kier molecular flexibility index (Phi) is 4.30. The van der Waals surface area contributed by atoms with Crippen LogP contribution in [0.25, 0.3) is 16.3 Å². The Morgan fingerprint density at radius 1 is 1.50 bits per heavy atom. The minimum atomic E-state index is 0.916. The Morgan fingerprint density at radius 3 is 2.89 bits per heavy atom. The van der Waals surface area contributed by atoms with Crippen molar-refractivity contribution in [1.29, 1.82) is 0 Å². The lowest BCUT2D eigenvalue weighted by Crippen LogP contribution is -2.33. The molecular weight excluding hydrogens is 262 g/mol. The van der Waals surface area contributed by atoms with Gasteiger partial charge in [0.05, 0.1) is 13.2 Å². The van der Waals surface area contributed by atoms with E-state index in [4.69, 9.17) is 4.74 Å². The zero-order valence-corrected chi connectivity index (χ0v) is 12.8. The first-order chi connectivity index (χ1) is 8.69. The summed E-state index contributed by atoms with van der Waals surface area (Å²) in [5.74, 6) is 0.916. The first-order valence-corrected chi connectivity index (χ1v) is 7.96. The highest BCUT2D eigenvalue weighted by Crippen LogP contribution is 2.27. The van der Waals surface area contributed by atoms with Gasteiger partial charge in [0, 0.05) is 6.08 Å². The molecule has 96 valence electrons. The quantitative estimate of drug-likeness (QED) is 0.787. The van der Waals surface area contributed by atoms with Crippen LogP contribution in [0.1, 0.15) is 18.9 Å². The molecule has 1 aromatic heterocycles. The smallest absolute Gasteiger partial charge is 0.263 e. The number of allylic oxidation sites excluding steroid dienone is 1. The van der Waals surface area contributed by atoms with Gasteiger partial charge in [0.25, 0.3) is 5.01 Å². The molecule has 0 radical (unpaired) electrons. The number of nitrogens with zero attached hydrogens (tertiary/aromatic N) is 1. The van der Waals surface area contributed by atoms with Crippen LogP contribution in [0, 0.1) is 0 Å². The first-order valence-electron chi connectivity index (χ1n) is 5.92. The fraction of sp³-hybridized carbons (Fsp3) is 0.357. The Morgan fingerprint density at radius 2 is 2.28 bits per heavy atom. The summed E-state index contributed by atoms with van der Waals surface area (Å²) in [6.45, 7) is 5.30. The van der Waals surface area contributed by atoms with E-state index in [0.29, 0.717) is 0 Å². The zero-order chi connectivity index (χ0) is 13.1. The van der Waals surface area contributed by atoms with E-state index in [2.05, 4.69) is 42.9 Å². The average Bonchev–Trinajstić information content (AvgIpc) is 2.74. The van der Waals surface area contributed by atoms with Crippen molar-refractivity contribution in [3.63, 3.8) is 0 Å². The van der Waals surface area contributed by atoms with E-state index < -0.39 is 0 Å². The summed E-state index contributed by atoms with van der Waals surface area (Å²) in [7, 11) is 1.71.